The maximum atomic E-state index is 13.6. The van der Waals surface area contributed by atoms with Crippen molar-refractivity contribution in [1.29, 1.82) is 0 Å². The molecule has 0 spiro atoms. The van der Waals surface area contributed by atoms with Crippen LogP contribution in [-0.2, 0) is 30.7 Å². The van der Waals surface area contributed by atoms with Crippen LogP contribution in [0, 0.1) is 5.92 Å². The molecule has 0 fully saturated rings. The van der Waals surface area contributed by atoms with Crippen molar-refractivity contribution in [2.24, 2.45) is 11.7 Å². The van der Waals surface area contributed by atoms with Gasteiger partial charge in [-0.15, -0.1) is 6.58 Å². The van der Waals surface area contributed by atoms with Gasteiger partial charge in [0.05, 0.1) is 25.2 Å². The summed E-state index contributed by atoms with van der Waals surface area (Å²) in [5, 5.41) is 0. The van der Waals surface area contributed by atoms with E-state index in [-0.39, 0.29) is 18.1 Å². The third-order valence-corrected chi connectivity index (χ3v) is 7.72. The molecule has 2 N–H and O–H groups in total. The Morgan fingerprint density at radius 1 is 0.970 bits per heavy atom. The van der Waals surface area contributed by atoms with E-state index < -0.39 is 26.6 Å². The fraction of sp³-hybridized carbons (Fsp3) is 0.192. The normalized spacial score (nSPS) is 14.1. The number of carbonyl (C=O) groups excluding carboxylic acids is 1. The van der Waals surface area contributed by atoms with Crippen molar-refractivity contribution < 1.29 is 22.7 Å². The second-order valence-electron chi connectivity index (χ2n) is 7.52. The summed E-state index contributed by atoms with van der Waals surface area (Å²) in [6, 6.07) is 25.1. The number of rotatable bonds is 10. The topological polar surface area (TPSA) is 95.7 Å². The van der Waals surface area contributed by atoms with Crippen LogP contribution in [0.25, 0.3) is 11.1 Å². The summed E-state index contributed by atoms with van der Waals surface area (Å²) in [6.45, 7) is 3.80. The first-order valence-corrected chi connectivity index (χ1v) is 11.8. The van der Waals surface area contributed by atoms with Gasteiger partial charge in [-0.2, -0.15) is 0 Å². The third kappa shape index (κ3) is 5.06. The lowest BCUT2D eigenvalue weighted by Crippen LogP contribution is -2.61. The highest BCUT2D eigenvalue weighted by atomic mass is 32.2. The highest BCUT2D eigenvalue weighted by molar-refractivity contribution is 7.93. The number of hydrogen-bond acceptors (Lipinski definition) is 6. The molecule has 3 aromatic rings. The summed E-state index contributed by atoms with van der Waals surface area (Å²) >= 11 is 0. The van der Waals surface area contributed by atoms with Crippen LogP contribution in [0.15, 0.2) is 102 Å². The number of nitrogens with two attached hydrogens (primary N) is 1. The largest absolute Gasteiger partial charge is 0.467 e. The van der Waals surface area contributed by atoms with Gasteiger partial charge in [-0.05, 0) is 28.8 Å². The Kier molecular flexibility index (Phi) is 7.81. The first-order chi connectivity index (χ1) is 15.8. The number of hydrogen-bond donors (Lipinski definition) is 1. The molecule has 0 aromatic heterocycles. The van der Waals surface area contributed by atoms with E-state index in [1.807, 2.05) is 60.7 Å². The molecule has 33 heavy (non-hydrogen) atoms. The van der Waals surface area contributed by atoms with E-state index in [0.717, 1.165) is 23.8 Å². The molecule has 0 heterocycles. The molecule has 0 saturated carbocycles. The highest BCUT2D eigenvalue weighted by Crippen LogP contribution is 2.32. The van der Waals surface area contributed by atoms with Crippen molar-refractivity contribution >= 4 is 15.8 Å². The molecular formula is C26H27NO5S. The van der Waals surface area contributed by atoms with Gasteiger partial charge in [0.1, 0.15) is 0 Å². The standard InChI is InChI=1S/C26H27NO5S/c1-3-23(19-32-18-20-10-6-4-7-11-20)26(27,25(28)31-2)33(29,30)24-16-14-22(15-17-24)21-12-8-5-9-13-21/h3-17,23H,1,18-19,27H2,2H3. The Morgan fingerprint density at radius 3 is 2.06 bits per heavy atom. The summed E-state index contributed by atoms with van der Waals surface area (Å²) in [5.41, 5.74) is 9.01. The van der Waals surface area contributed by atoms with E-state index in [1.165, 1.54) is 18.2 Å². The van der Waals surface area contributed by atoms with E-state index in [2.05, 4.69) is 6.58 Å². The van der Waals surface area contributed by atoms with E-state index >= 15 is 0 Å². The molecule has 3 rings (SSSR count). The van der Waals surface area contributed by atoms with Crippen LogP contribution in [0.1, 0.15) is 5.56 Å². The number of sulfone groups is 1. The van der Waals surface area contributed by atoms with Gasteiger partial charge in [0, 0.05) is 5.92 Å². The molecule has 6 nitrogen and oxygen atoms in total. The fourth-order valence-electron chi connectivity index (χ4n) is 3.52. The third-order valence-electron chi connectivity index (χ3n) is 5.47. The Hall–Kier alpha value is -3.26. The monoisotopic (exact) mass is 465 g/mol. The molecule has 2 unspecified atom stereocenters. The molecule has 7 heteroatoms. The fourth-order valence-corrected chi connectivity index (χ4v) is 5.27. The molecule has 0 amide bonds. The molecule has 0 radical (unpaired) electrons. The average molecular weight is 466 g/mol. The SMILES string of the molecule is C=CC(COCc1ccccc1)C(N)(C(=O)OC)S(=O)(=O)c1ccc(-c2ccccc2)cc1. The van der Waals surface area contributed by atoms with Gasteiger partial charge < -0.3 is 15.2 Å². The van der Waals surface area contributed by atoms with Crippen molar-refractivity contribution in [3.05, 3.63) is 103 Å². The average Bonchev–Trinajstić information content (AvgIpc) is 2.86. The minimum Gasteiger partial charge on any atom is -0.467 e. The van der Waals surface area contributed by atoms with E-state index in [9.17, 15) is 13.2 Å². The zero-order valence-electron chi connectivity index (χ0n) is 18.4. The molecule has 3 aromatic carbocycles. The molecular weight excluding hydrogens is 438 g/mol. The van der Waals surface area contributed by atoms with Gasteiger partial charge in [0.15, 0.2) is 0 Å². The van der Waals surface area contributed by atoms with Gasteiger partial charge in [0.2, 0.25) is 14.7 Å². The first kappa shape index (κ1) is 24.4. The Balaban J connectivity index is 1.90. The van der Waals surface area contributed by atoms with Crippen LogP contribution in [0.3, 0.4) is 0 Å². The quantitative estimate of drug-likeness (QED) is 0.360. The number of esters is 1. The second-order valence-corrected chi connectivity index (χ2v) is 9.68. The van der Waals surface area contributed by atoms with E-state index in [0.29, 0.717) is 0 Å². The number of carbonyl (C=O) groups is 1. The zero-order valence-corrected chi connectivity index (χ0v) is 19.2. The Bertz CT molecular complexity index is 1180. The highest BCUT2D eigenvalue weighted by Gasteiger charge is 2.54. The van der Waals surface area contributed by atoms with Crippen LogP contribution in [0.5, 0.6) is 0 Å². The molecule has 0 aliphatic rings. The van der Waals surface area contributed by atoms with Crippen LogP contribution in [0.4, 0.5) is 0 Å². The summed E-state index contributed by atoms with van der Waals surface area (Å²) in [4.78, 5) is 10.2. The van der Waals surface area contributed by atoms with Crippen molar-refractivity contribution in [2.75, 3.05) is 13.7 Å². The van der Waals surface area contributed by atoms with Crippen molar-refractivity contribution in [2.45, 2.75) is 16.4 Å². The smallest absolute Gasteiger partial charge is 0.342 e. The minimum absolute atomic E-state index is 0.0926. The summed E-state index contributed by atoms with van der Waals surface area (Å²) in [7, 11) is -3.27. The number of methoxy groups -OCH3 is 1. The van der Waals surface area contributed by atoms with Crippen molar-refractivity contribution in [1.82, 2.24) is 0 Å². The van der Waals surface area contributed by atoms with Gasteiger partial charge in [-0.1, -0.05) is 78.9 Å². The maximum Gasteiger partial charge on any atom is 0.342 e. The first-order valence-electron chi connectivity index (χ1n) is 10.4. The lowest BCUT2D eigenvalue weighted by Gasteiger charge is -2.32. The predicted molar refractivity (Wildman–Crippen MR) is 128 cm³/mol. The number of ether oxygens (including phenoxy) is 2. The number of benzene rings is 3. The van der Waals surface area contributed by atoms with Gasteiger partial charge in [-0.25, -0.2) is 13.2 Å². The van der Waals surface area contributed by atoms with Crippen molar-refractivity contribution in [3.63, 3.8) is 0 Å². The Labute approximate surface area is 194 Å². The van der Waals surface area contributed by atoms with Crippen LogP contribution < -0.4 is 5.73 Å². The van der Waals surface area contributed by atoms with E-state index in [4.69, 9.17) is 15.2 Å². The van der Waals surface area contributed by atoms with Crippen LogP contribution >= 0.6 is 0 Å². The molecule has 0 saturated heterocycles. The molecule has 0 aliphatic carbocycles. The maximum absolute atomic E-state index is 13.6. The van der Waals surface area contributed by atoms with Crippen molar-refractivity contribution in [3.8, 4) is 11.1 Å². The lowest BCUT2D eigenvalue weighted by molar-refractivity contribution is -0.145. The van der Waals surface area contributed by atoms with Crippen LogP contribution in [-0.4, -0.2) is 33.0 Å². The summed E-state index contributed by atoms with van der Waals surface area (Å²) in [6.07, 6.45) is 1.32. The predicted octanol–water partition coefficient (Wildman–Crippen LogP) is 3.97. The van der Waals surface area contributed by atoms with Gasteiger partial charge >= 0.3 is 5.97 Å². The summed E-state index contributed by atoms with van der Waals surface area (Å²) in [5.74, 6) is -2.13. The lowest BCUT2D eigenvalue weighted by atomic mass is 10.0. The Morgan fingerprint density at radius 2 is 1.52 bits per heavy atom. The van der Waals surface area contributed by atoms with Gasteiger partial charge in [0.25, 0.3) is 0 Å². The van der Waals surface area contributed by atoms with Crippen LogP contribution in [0.2, 0.25) is 0 Å². The molecule has 0 aliphatic heterocycles. The zero-order chi connectivity index (χ0) is 23.9. The molecule has 172 valence electrons. The molecule has 2 atom stereocenters. The van der Waals surface area contributed by atoms with E-state index in [1.54, 1.807) is 12.1 Å². The summed E-state index contributed by atoms with van der Waals surface area (Å²) < 4.78 is 37.7. The second kappa shape index (κ2) is 10.6. The minimum atomic E-state index is -4.37. The van der Waals surface area contributed by atoms with Gasteiger partial charge in [-0.3, -0.25) is 0 Å². The molecule has 0 bridgehead atoms.